The molecule has 2 amide bonds. The van der Waals surface area contributed by atoms with Crippen LogP contribution >= 0.6 is 11.8 Å². The fourth-order valence-electron chi connectivity index (χ4n) is 4.96. The van der Waals surface area contributed by atoms with Crippen LogP contribution in [0.15, 0.2) is 53.8 Å². The van der Waals surface area contributed by atoms with Crippen molar-refractivity contribution in [2.45, 2.75) is 51.0 Å². The zero-order valence-corrected chi connectivity index (χ0v) is 23.4. The van der Waals surface area contributed by atoms with E-state index in [0.29, 0.717) is 47.9 Å². The van der Waals surface area contributed by atoms with Gasteiger partial charge >= 0.3 is 12.0 Å². The summed E-state index contributed by atoms with van der Waals surface area (Å²) in [5.41, 5.74) is 0.686. The maximum absolute atomic E-state index is 13.7. The maximum atomic E-state index is 13.7. The average Bonchev–Trinajstić information content (AvgIpc) is 3.44. The van der Waals surface area contributed by atoms with Gasteiger partial charge in [-0.15, -0.1) is 5.10 Å². The van der Waals surface area contributed by atoms with Crippen molar-refractivity contribution in [2.24, 2.45) is 4.99 Å². The molecule has 0 bridgehead atoms. The second kappa shape index (κ2) is 12.3. The molecule has 1 saturated carbocycles. The molecule has 1 unspecified atom stereocenters. The van der Waals surface area contributed by atoms with Crippen LogP contribution in [-0.2, 0) is 0 Å². The van der Waals surface area contributed by atoms with Crippen molar-refractivity contribution in [3.63, 3.8) is 0 Å². The molecule has 3 aromatic rings. The number of ether oxygens (including phenoxy) is 1. The summed E-state index contributed by atoms with van der Waals surface area (Å²) in [5.74, 6) is 0.858. The number of hydrogen-bond acceptors (Lipinski definition) is 11. The standard InChI is InChI=1S/C26H29ClN12O2/c1-3-29-25(40)39(22-16-30-20(15-31-22)19-13-33-24(41-2)34-14-19)26(8-5-4-6-9-26)35-23-32-12-18(11-28)17-37(23)21-7-10-38(27)36-21/h7,10,12-17,23,35H,3-6,8-9H2,1-2H3,(H,29,40). The van der Waals surface area contributed by atoms with E-state index in [1.807, 2.05) is 6.92 Å². The molecule has 3 aromatic heterocycles. The summed E-state index contributed by atoms with van der Waals surface area (Å²) >= 11 is 6.04. The van der Waals surface area contributed by atoms with Crippen molar-refractivity contribution >= 4 is 35.7 Å². The van der Waals surface area contributed by atoms with Crippen molar-refractivity contribution in [1.29, 1.82) is 5.26 Å². The van der Waals surface area contributed by atoms with Crippen molar-refractivity contribution in [1.82, 2.24) is 39.9 Å². The van der Waals surface area contributed by atoms with E-state index < -0.39 is 12.0 Å². The average molecular weight is 577 g/mol. The van der Waals surface area contributed by atoms with Gasteiger partial charge < -0.3 is 10.1 Å². The SMILES string of the molecule is CCNC(=O)N(c1cnc(-c2cnc(OC)nc2)cn1)C1(NC2N=CC(C#N)=CN2c2ccn(Cl)n2)CCCCC1. The fourth-order valence-corrected chi connectivity index (χ4v) is 5.09. The zero-order valence-electron chi connectivity index (χ0n) is 22.6. The van der Waals surface area contributed by atoms with Gasteiger partial charge in [0.05, 0.1) is 30.8 Å². The third-order valence-corrected chi connectivity index (χ3v) is 7.03. The number of hydrogen-bond donors (Lipinski definition) is 2. The molecule has 4 heterocycles. The van der Waals surface area contributed by atoms with Crippen LogP contribution in [0.3, 0.4) is 0 Å². The lowest BCUT2D eigenvalue weighted by Gasteiger charge is -2.48. The molecule has 15 heteroatoms. The first kappa shape index (κ1) is 27.9. The molecule has 0 radical (unpaired) electrons. The molecule has 0 saturated heterocycles. The van der Waals surface area contributed by atoms with Gasteiger partial charge in [-0.2, -0.15) is 9.46 Å². The minimum atomic E-state index is -0.876. The van der Waals surface area contributed by atoms with Gasteiger partial charge in [-0.25, -0.2) is 19.7 Å². The van der Waals surface area contributed by atoms with Crippen molar-refractivity contribution in [3.05, 3.63) is 48.8 Å². The van der Waals surface area contributed by atoms with Gasteiger partial charge in [-0.05, 0) is 32.6 Å². The number of carbonyl (C=O) groups is 1. The number of nitriles is 1. The molecular weight excluding hydrogens is 548 g/mol. The first-order chi connectivity index (χ1) is 20.0. The normalized spacial score (nSPS) is 17.9. The van der Waals surface area contributed by atoms with Gasteiger partial charge in [-0.1, -0.05) is 6.42 Å². The topological polar surface area (TPSA) is 162 Å². The van der Waals surface area contributed by atoms with Gasteiger partial charge in [0.2, 0.25) is 0 Å². The number of rotatable bonds is 8. The number of nitrogens with zero attached hydrogens (tertiary/aromatic N) is 10. The first-order valence-corrected chi connectivity index (χ1v) is 13.5. The summed E-state index contributed by atoms with van der Waals surface area (Å²) in [6.07, 6.45) is 14.5. The summed E-state index contributed by atoms with van der Waals surface area (Å²) < 4.78 is 6.19. The molecule has 1 atom stereocenters. The van der Waals surface area contributed by atoms with Crippen LogP contribution < -0.4 is 25.2 Å². The van der Waals surface area contributed by atoms with Crippen LogP contribution in [-0.4, -0.2) is 67.1 Å². The van der Waals surface area contributed by atoms with Crippen molar-refractivity contribution in [3.8, 4) is 23.3 Å². The van der Waals surface area contributed by atoms with E-state index >= 15 is 0 Å². The Morgan fingerprint density at radius 3 is 2.59 bits per heavy atom. The summed E-state index contributed by atoms with van der Waals surface area (Å²) in [5, 5.41) is 20.4. The Kier molecular flexibility index (Phi) is 8.37. The van der Waals surface area contributed by atoms with E-state index in [0.717, 1.165) is 23.5 Å². The van der Waals surface area contributed by atoms with Crippen LogP contribution in [0.2, 0.25) is 0 Å². The quantitative estimate of drug-likeness (QED) is 0.381. The number of amides is 2. The third kappa shape index (κ3) is 5.96. The van der Waals surface area contributed by atoms with Gasteiger partial charge in [0.25, 0.3) is 0 Å². The Morgan fingerprint density at radius 2 is 1.98 bits per heavy atom. The molecule has 41 heavy (non-hydrogen) atoms. The summed E-state index contributed by atoms with van der Waals surface area (Å²) in [7, 11) is 1.50. The molecule has 2 aliphatic rings. The molecular formula is C26H29ClN12O2. The number of halogens is 1. The summed E-state index contributed by atoms with van der Waals surface area (Å²) in [6.45, 7) is 2.29. The first-order valence-electron chi connectivity index (χ1n) is 13.2. The van der Waals surface area contributed by atoms with Crippen LogP contribution in [0.5, 0.6) is 6.01 Å². The fraction of sp³-hybridized carbons (Fsp3) is 0.385. The van der Waals surface area contributed by atoms with Crippen LogP contribution in [0, 0.1) is 11.3 Å². The second-order valence-electron chi connectivity index (χ2n) is 9.44. The number of aliphatic imine (C=N–C) groups is 1. The maximum Gasteiger partial charge on any atom is 0.324 e. The van der Waals surface area contributed by atoms with E-state index in [1.165, 1.54) is 13.3 Å². The zero-order chi connectivity index (χ0) is 28.8. The van der Waals surface area contributed by atoms with Crippen LogP contribution in [0.4, 0.5) is 16.4 Å². The van der Waals surface area contributed by atoms with Gasteiger partial charge in [-0.3, -0.25) is 25.1 Å². The van der Waals surface area contributed by atoms with E-state index in [1.54, 1.807) is 53.1 Å². The van der Waals surface area contributed by atoms with Gasteiger partial charge in [0, 0.05) is 61.0 Å². The highest BCUT2D eigenvalue weighted by atomic mass is 35.5. The largest absolute Gasteiger partial charge is 0.467 e. The van der Waals surface area contributed by atoms with Crippen molar-refractivity contribution in [2.75, 3.05) is 23.5 Å². The van der Waals surface area contributed by atoms with Gasteiger partial charge in [0.1, 0.15) is 11.7 Å². The molecule has 1 fully saturated rings. The highest BCUT2D eigenvalue weighted by Crippen LogP contribution is 2.36. The minimum Gasteiger partial charge on any atom is -0.467 e. The number of anilines is 2. The predicted molar refractivity (Wildman–Crippen MR) is 152 cm³/mol. The molecule has 1 aliphatic heterocycles. The Bertz CT molecular complexity index is 1460. The van der Waals surface area contributed by atoms with E-state index in [9.17, 15) is 10.1 Å². The van der Waals surface area contributed by atoms with E-state index in [-0.39, 0.29) is 12.0 Å². The predicted octanol–water partition coefficient (Wildman–Crippen LogP) is 3.21. The second-order valence-corrected chi connectivity index (χ2v) is 9.79. The lowest BCUT2D eigenvalue weighted by atomic mass is 9.87. The molecule has 14 nitrogen and oxygen atoms in total. The van der Waals surface area contributed by atoms with Gasteiger partial charge in [0.15, 0.2) is 17.9 Å². The number of nitrogens with one attached hydrogen (secondary N) is 2. The molecule has 1 aliphatic carbocycles. The van der Waals surface area contributed by atoms with Crippen molar-refractivity contribution < 1.29 is 9.53 Å². The number of urea groups is 1. The molecule has 2 N–H and O–H groups in total. The lowest BCUT2D eigenvalue weighted by molar-refractivity contribution is 0.188. The van der Waals surface area contributed by atoms with Crippen LogP contribution in [0.25, 0.3) is 11.3 Å². The highest BCUT2D eigenvalue weighted by Gasteiger charge is 2.45. The van der Waals surface area contributed by atoms with E-state index in [4.69, 9.17) is 16.5 Å². The number of allylic oxidation sites excluding steroid dienone is 1. The summed E-state index contributed by atoms with van der Waals surface area (Å²) in [4.78, 5) is 39.2. The highest BCUT2D eigenvalue weighted by molar-refractivity contribution is 6.14. The molecule has 0 spiro atoms. The Balaban J connectivity index is 1.51. The Hall–Kier alpha value is -4.61. The Labute approximate surface area is 241 Å². The lowest BCUT2D eigenvalue weighted by Crippen LogP contribution is -2.68. The smallest absolute Gasteiger partial charge is 0.324 e. The summed E-state index contributed by atoms with van der Waals surface area (Å²) in [6, 6.07) is 3.77. The Morgan fingerprint density at radius 1 is 1.20 bits per heavy atom. The third-order valence-electron chi connectivity index (χ3n) is 6.85. The number of methoxy groups -OCH3 is 1. The monoisotopic (exact) mass is 576 g/mol. The number of carbonyl (C=O) groups excluding carboxylic acids is 1. The minimum absolute atomic E-state index is 0.250. The van der Waals surface area contributed by atoms with Crippen LogP contribution in [0.1, 0.15) is 39.0 Å². The molecule has 5 rings (SSSR count). The van der Waals surface area contributed by atoms with E-state index in [2.05, 4.69) is 46.7 Å². The number of aromatic nitrogens is 6. The molecule has 212 valence electrons. The molecule has 0 aromatic carbocycles.